The Morgan fingerprint density at radius 1 is 1.33 bits per heavy atom. The summed E-state index contributed by atoms with van der Waals surface area (Å²) in [4.78, 5) is 0. The highest BCUT2D eigenvalue weighted by atomic mass is 19.4. The van der Waals surface area contributed by atoms with Gasteiger partial charge in [0, 0.05) is 13.1 Å². The third-order valence-electron chi connectivity index (χ3n) is 2.01. The molecule has 0 amide bonds. The van der Waals surface area contributed by atoms with Crippen molar-refractivity contribution in [3.8, 4) is 0 Å². The minimum Gasteiger partial charge on any atom is -0.389 e. The summed E-state index contributed by atoms with van der Waals surface area (Å²) < 4.78 is 35.6. The van der Waals surface area contributed by atoms with Gasteiger partial charge in [-0.05, 0) is 13.3 Å². The van der Waals surface area contributed by atoms with Gasteiger partial charge in [0.2, 0.25) is 0 Å². The van der Waals surface area contributed by atoms with Gasteiger partial charge in [-0.3, -0.25) is 0 Å². The van der Waals surface area contributed by atoms with Crippen LogP contribution in [0.1, 0.15) is 26.7 Å². The van der Waals surface area contributed by atoms with Gasteiger partial charge in [-0.2, -0.15) is 13.2 Å². The normalized spacial score (nSPS) is 18.6. The highest BCUT2D eigenvalue weighted by molar-refractivity contribution is 4.77. The first-order valence-electron chi connectivity index (χ1n) is 4.87. The maximum atomic E-state index is 11.9. The molecule has 2 unspecified atom stereocenters. The topological polar surface area (TPSA) is 52.5 Å². The molecule has 0 aromatic heterocycles. The van der Waals surface area contributed by atoms with E-state index in [4.69, 9.17) is 5.11 Å². The van der Waals surface area contributed by atoms with Crippen LogP contribution >= 0.6 is 0 Å². The second-order valence-electron chi connectivity index (χ2n) is 3.94. The maximum Gasteiger partial charge on any atom is 0.415 e. The molecule has 0 aliphatic carbocycles. The quantitative estimate of drug-likeness (QED) is 0.638. The van der Waals surface area contributed by atoms with Crippen molar-refractivity contribution in [1.82, 2.24) is 5.32 Å². The van der Waals surface area contributed by atoms with Crippen molar-refractivity contribution >= 4 is 0 Å². The molecule has 0 aliphatic rings. The number of aliphatic hydroxyl groups is 2. The summed E-state index contributed by atoms with van der Waals surface area (Å²) in [5, 5.41) is 20.6. The lowest BCUT2D eigenvalue weighted by Crippen LogP contribution is -2.44. The summed E-state index contributed by atoms with van der Waals surface area (Å²) in [6.45, 7) is 2.86. The molecule has 0 spiro atoms. The molecule has 6 heteroatoms. The first kappa shape index (κ1) is 14.7. The van der Waals surface area contributed by atoms with Crippen LogP contribution in [-0.4, -0.2) is 41.2 Å². The van der Waals surface area contributed by atoms with Gasteiger partial charge < -0.3 is 15.5 Å². The van der Waals surface area contributed by atoms with Crippen LogP contribution < -0.4 is 5.32 Å². The molecule has 3 nitrogen and oxygen atoms in total. The van der Waals surface area contributed by atoms with E-state index >= 15 is 0 Å². The lowest BCUT2D eigenvalue weighted by atomic mass is 10.0. The van der Waals surface area contributed by atoms with Gasteiger partial charge in [0.15, 0.2) is 6.10 Å². The largest absolute Gasteiger partial charge is 0.415 e. The van der Waals surface area contributed by atoms with Crippen molar-refractivity contribution in [2.75, 3.05) is 13.1 Å². The molecule has 0 heterocycles. The molecule has 0 saturated heterocycles. The molecule has 0 saturated carbocycles. The number of hydrogen-bond acceptors (Lipinski definition) is 3. The molecule has 92 valence electrons. The van der Waals surface area contributed by atoms with Crippen molar-refractivity contribution < 1.29 is 23.4 Å². The van der Waals surface area contributed by atoms with E-state index < -0.39 is 24.4 Å². The molecule has 15 heavy (non-hydrogen) atoms. The van der Waals surface area contributed by atoms with Gasteiger partial charge in [0.05, 0.1) is 5.60 Å². The summed E-state index contributed by atoms with van der Waals surface area (Å²) in [5.74, 6) is 0. The molecule has 3 N–H and O–H groups in total. The van der Waals surface area contributed by atoms with E-state index in [1.807, 2.05) is 6.92 Å². The summed E-state index contributed by atoms with van der Waals surface area (Å²) in [7, 11) is 0. The monoisotopic (exact) mass is 229 g/mol. The average molecular weight is 229 g/mol. The minimum atomic E-state index is -4.61. The van der Waals surface area contributed by atoms with Crippen molar-refractivity contribution in [3.05, 3.63) is 0 Å². The smallest absolute Gasteiger partial charge is 0.389 e. The van der Waals surface area contributed by atoms with E-state index in [2.05, 4.69) is 5.32 Å². The van der Waals surface area contributed by atoms with Crippen molar-refractivity contribution in [2.45, 2.75) is 44.6 Å². The predicted octanol–water partition coefficient (Wildman–Crippen LogP) is 1.05. The molecular formula is C9H18F3NO2. The molecule has 0 aromatic carbocycles. The second kappa shape index (κ2) is 5.67. The Balaban J connectivity index is 3.79. The average Bonchev–Trinajstić information content (AvgIpc) is 2.01. The second-order valence-corrected chi connectivity index (χ2v) is 3.94. The van der Waals surface area contributed by atoms with Gasteiger partial charge in [0.25, 0.3) is 0 Å². The first-order valence-corrected chi connectivity index (χ1v) is 4.87. The Bertz CT molecular complexity index is 183. The van der Waals surface area contributed by atoms with Crippen molar-refractivity contribution in [1.29, 1.82) is 0 Å². The van der Waals surface area contributed by atoms with Crippen LogP contribution in [0.25, 0.3) is 0 Å². The van der Waals surface area contributed by atoms with Crippen LogP contribution in [0.5, 0.6) is 0 Å². The highest BCUT2D eigenvalue weighted by Crippen LogP contribution is 2.19. The SMILES string of the molecule is CCCC(C)(O)CNCC(O)C(F)(F)F. The first-order chi connectivity index (χ1) is 6.69. The van der Waals surface area contributed by atoms with Crippen LogP contribution in [0.4, 0.5) is 13.2 Å². The summed E-state index contributed by atoms with van der Waals surface area (Å²) in [6.07, 6.45) is -5.74. The Morgan fingerprint density at radius 3 is 2.27 bits per heavy atom. The van der Waals surface area contributed by atoms with Gasteiger partial charge in [-0.15, -0.1) is 0 Å². The van der Waals surface area contributed by atoms with Crippen LogP contribution in [0.15, 0.2) is 0 Å². The number of halogens is 3. The third-order valence-corrected chi connectivity index (χ3v) is 2.01. The molecule has 0 aliphatic heterocycles. The Kier molecular flexibility index (Phi) is 5.55. The van der Waals surface area contributed by atoms with Gasteiger partial charge in [0.1, 0.15) is 0 Å². The van der Waals surface area contributed by atoms with Crippen LogP contribution in [0.2, 0.25) is 0 Å². The lowest BCUT2D eigenvalue weighted by Gasteiger charge is -2.24. The van der Waals surface area contributed by atoms with Crippen LogP contribution in [0, 0.1) is 0 Å². The van der Waals surface area contributed by atoms with Crippen LogP contribution in [0.3, 0.4) is 0 Å². The number of hydrogen-bond donors (Lipinski definition) is 3. The maximum absolute atomic E-state index is 11.9. The van der Waals surface area contributed by atoms with Crippen molar-refractivity contribution in [3.63, 3.8) is 0 Å². The zero-order chi connectivity index (χ0) is 12.1. The molecule has 2 atom stereocenters. The predicted molar refractivity (Wildman–Crippen MR) is 50.5 cm³/mol. The molecule has 0 radical (unpaired) electrons. The number of nitrogens with one attached hydrogen (secondary N) is 1. The van der Waals surface area contributed by atoms with E-state index in [0.29, 0.717) is 6.42 Å². The number of alkyl halides is 3. The summed E-state index contributed by atoms with van der Waals surface area (Å²) >= 11 is 0. The van der Waals surface area contributed by atoms with Gasteiger partial charge in [-0.25, -0.2) is 0 Å². The van der Waals surface area contributed by atoms with Gasteiger partial charge in [-0.1, -0.05) is 13.3 Å². The Labute approximate surface area is 87.3 Å². The van der Waals surface area contributed by atoms with E-state index in [1.54, 1.807) is 6.92 Å². The van der Waals surface area contributed by atoms with Gasteiger partial charge >= 0.3 is 6.18 Å². The van der Waals surface area contributed by atoms with E-state index in [0.717, 1.165) is 6.42 Å². The molecule has 0 aromatic rings. The highest BCUT2D eigenvalue weighted by Gasteiger charge is 2.37. The van der Waals surface area contributed by atoms with E-state index in [-0.39, 0.29) is 6.54 Å². The standard InChI is InChI=1S/C9H18F3NO2/c1-3-4-8(2,15)6-13-5-7(14)9(10,11)12/h7,13-15H,3-6H2,1-2H3. The molecular weight excluding hydrogens is 211 g/mol. The number of rotatable bonds is 6. The van der Waals surface area contributed by atoms with Crippen molar-refractivity contribution in [2.24, 2.45) is 0 Å². The Morgan fingerprint density at radius 2 is 1.87 bits per heavy atom. The fourth-order valence-electron chi connectivity index (χ4n) is 1.22. The molecule has 0 bridgehead atoms. The van der Waals surface area contributed by atoms with E-state index in [1.165, 1.54) is 0 Å². The number of aliphatic hydroxyl groups excluding tert-OH is 1. The zero-order valence-corrected chi connectivity index (χ0v) is 8.93. The fraction of sp³-hybridized carbons (Fsp3) is 1.00. The lowest BCUT2D eigenvalue weighted by molar-refractivity contribution is -0.202. The minimum absolute atomic E-state index is 0.0357. The zero-order valence-electron chi connectivity index (χ0n) is 8.93. The molecule has 0 fully saturated rings. The van der Waals surface area contributed by atoms with E-state index in [9.17, 15) is 18.3 Å². The molecule has 0 rings (SSSR count). The van der Waals surface area contributed by atoms with Crippen LogP contribution in [-0.2, 0) is 0 Å². The fourth-order valence-corrected chi connectivity index (χ4v) is 1.22. The summed E-state index contributed by atoms with van der Waals surface area (Å²) in [5.41, 5.74) is -1.03. The summed E-state index contributed by atoms with van der Waals surface area (Å²) in [6, 6.07) is 0. The Hall–Kier alpha value is -0.330. The third kappa shape index (κ3) is 6.70.